The van der Waals surface area contributed by atoms with Gasteiger partial charge in [-0.1, -0.05) is 6.07 Å². The van der Waals surface area contributed by atoms with E-state index in [4.69, 9.17) is 5.73 Å². The lowest BCUT2D eigenvalue weighted by Gasteiger charge is -2.31. The summed E-state index contributed by atoms with van der Waals surface area (Å²) in [6, 6.07) is 6.13. The molecule has 0 radical (unpaired) electrons. The van der Waals surface area contributed by atoms with Crippen molar-refractivity contribution in [3.05, 3.63) is 34.1 Å². The van der Waals surface area contributed by atoms with Crippen LogP contribution in [-0.4, -0.2) is 24.0 Å². The summed E-state index contributed by atoms with van der Waals surface area (Å²) in [4.78, 5) is 2.42. The van der Waals surface area contributed by atoms with Crippen molar-refractivity contribution in [1.82, 2.24) is 4.90 Å². The number of nitrogens with two attached hydrogens (primary N) is 1. The van der Waals surface area contributed by atoms with E-state index in [0.717, 1.165) is 18.5 Å². The Labute approximate surface area is 116 Å². The molecule has 0 bridgehead atoms. The molecule has 1 aliphatic rings. The topological polar surface area (TPSA) is 29.3 Å². The van der Waals surface area contributed by atoms with E-state index in [1.807, 2.05) is 6.07 Å². The Morgan fingerprint density at radius 3 is 2.78 bits per heavy atom. The van der Waals surface area contributed by atoms with Gasteiger partial charge in [0, 0.05) is 12.1 Å². The van der Waals surface area contributed by atoms with E-state index in [0.29, 0.717) is 23.0 Å². The Balaban J connectivity index is 2.34. The Morgan fingerprint density at radius 1 is 1.50 bits per heavy atom. The summed E-state index contributed by atoms with van der Waals surface area (Å²) in [5.41, 5.74) is 6.90. The lowest BCUT2D eigenvalue weighted by molar-refractivity contribution is 0.184. The molecule has 0 aromatic heterocycles. The number of rotatable bonds is 3. The standard InChI is InChI=1S/C14H20BrFN2/c1-9(2)18-6-5-11(8-17)14(18)10-3-4-12(15)13(16)7-10/h3-4,7,9,11,14H,5-6,8,17H2,1-2H3. The second kappa shape index (κ2) is 5.68. The maximum Gasteiger partial charge on any atom is 0.137 e. The zero-order valence-electron chi connectivity index (χ0n) is 10.9. The van der Waals surface area contributed by atoms with Crippen LogP contribution >= 0.6 is 15.9 Å². The average Bonchev–Trinajstić information content (AvgIpc) is 2.76. The van der Waals surface area contributed by atoms with E-state index in [2.05, 4.69) is 34.7 Å². The highest BCUT2D eigenvalue weighted by molar-refractivity contribution is 9.10. The zero-order valence-corrected chi connectivity index (χ0v) is 12.5. The fourth-order valence-electron chi connectivity index (χ4n) is 2.87. The molecule has 2 unspecified atom stereocenters. The van der Waals surface area contributed by atoms with Crippen molar-refractivity contribution in [2.75, 3.05) is 13.1 Å². The number of hydrogen-bond donors (Lipinski definition) is 1. The van der Waals surface area contributed by atoms with Crippen LogP contribution in [0.4, 0.5) is 4.39 Å². The van der Waals surface area contributed by atoms with Crippen molar-refractivity contribution >= 4 is 15.9 Å². The first kappa shape index (κ1) is 14.0. The summed E-state index contributed by atoms with van der Waals surface area (Å²) in [5, 5.41) is 0. The number of hydrogen-bond acceptors (Lipinski definition) is 2. The second-order valence-electron chi connectivity index (χ2n) is 5.23. The summed E-state index contributed by atoms with van der Waals surface area (Å²) < 4.78 is 14.2. The second-order valence-corrected chi connectivity index (χ2v) is 6.09. The van der Waals surface area contributed by atoms with Crippen LogP contribution in [0.1, 0.15) is 31.9 Å². The van der Waals surface area contributed by atoms with E-state index in [1.165, 1.54) is 0 Å². The highest BCUT2D eigenvalue weighted by Gasteiger charge is 2.35. The lowest BCUT2D eigenvalue weighted by atomic mass is 9.93. The van der Waals surface area contributed by atoms with Gasteiger partial charge in [0.05, 0.1) is 4.47 Å². The molecule has 1 aliphatic heterocycles. The van der Waals surface area contributed by atoms with Gasteiger partial charge in [0.2, 0.25) is 0 Å². The van der Waals surface area contributed by atoms with Gasteiger partial charge in [-0.2, -0.15) is 0 Å². The smallest absolute Gasteiger partial charge is 0.137 e. The third kappa shape index (κ3) is 2.60. The molecule has 1 saturated heterocycles. The molecule has 0 aliphatic carbocycles. The molecule has 1 aromatic carbocycles. The first-order chi connectivity index (χ1) is 8.54. The van der Waals surface area contributed by atoms with Crippen molar-refractivity contribution in [2.45, 2.75) is 32.4 Å². The van der Waals surface area contributed by atoms with Gasteiger partial charge in [-0.25, -0.2) is 4.39 Å². The van der Waals surface area contributed by atoms with Crippen molar-refractivity contribution in [3.63, 3.8) is 0 Å². The minimum Gasteiger partial charge on any atom is -0.330 e. The van der Waals surface area contributed by atoms with Crippen LogP contribution < -0.4 is 5.73 Å². The zero-order chi connectivity index (χ0) is 13.3. The van der Waals surface area contributed by atoms with Crippen molar-refractivity contribution in [2.24, 2.45) is 11.7 Å². The van der Waals surface area contributed by atoms with Gasteiger partial charge in [0.1, 0.15) is 5.82 Å². The van der Waals surface area contributed by atoms with E-state index < -0.39 is 0 Å². The van der Waals surface area contributed by atoms with Crippen molar-refractivity contribution in [3.8, 4) is 0 Å². The van der Waals surface area contributed by atoms with Gasteiger partial charge in [-0.05, 0) is 72.9 Å². The molecule has 2 N–H and O–H groups in total. The summed E-state index contributed by atoms with van der Waals surface area (Å²) in [7, 11) is 0. The molecule has 2 nitrogen and oxygen atoms in total. The van der Waals surface area contributed by atoms with Crippen LogP contribution in [-0.2, 0) is 0 Å². The van der Waals surface area contributed by atoms with Crippen molar-refractivity contribution in [1.29, 1.82) is 0 Å². The number of benzene rings is 1. The fraction of sp³-hybridized carbons (Fsp3) is 0.571. The largest absolute Gasteiger partial charge is 0.330 e. The molecule has 0 saturated carbocycles. The van der Waals surface area contributed by atoms with E-state index in [9.17, 15) is 4.39 Å². The maximum atomic E-state index is 13.7. The van der Waals surface area contributed by atoms with E-state index in [-0.39, 0.29) is 11.9 Å². The molecule has 1 heterocycles. The van der Waals surface area contributed by atoms with Gasteiger partial charge in [-0.3, -0.25) is 4.90 Å². The first-order valence-electron chi connectivity index (χ1n) is 6.45. The van der Waals surface area contributed by atoms with Gasteiger partial charge in [0.25, 0.3) is 0 Å². The molecular weight excluding hydrogens is 295 g/mol. The highest BCUT2D eigenvalue weighted by atomic mass is 79.9. The molecular formula is C14H20BrFN2. The molecule has 1 aromatic rings. The van der Waals surface area contributed by atoms with Crippen LogP contribution in [0.25, 0.3) is 0 Å². The van der Waals surface area contributed by atoms with Crippen LogP contribution in [0.3, 0.4) is 0 Å². The van der Waals surface area contributed by atoms with Crippen LogP contribution in [0.15, 0.2) is 22.7 Å². The van der Waals surface area contributed by atoms with E-state index >= 15 is 0 Å². The summed E-state index contributed by atoms with van der Waals surface area (Å²) >= 11 is 3.20. The van der Waals surface area contributed by atoms with Gasteiger partial charge >= 0.3 is 0 Å². The molecule has 1 fully saturated rings. The lowest BCUT2D eigenvalue weighted by Crippen LogP contribution is -2.33. The van der Waals surface area contributed by atoms with Gasteiger partial charge in [-0.15, -0.1) is 0 Å². The predicted octanol–water partition coefficient (Wildman–Crippen LogP) is 3.32. The normalized spacial score (nSPS) is 25.0. The maximum absolute atomic E-state index is 13.7. The average molecular weight is 315 g/mol. The monoisotopic (exact) mass is 314 g/mol. The summed E-state index contributed by atoms with van der Waals surface area (Å²) in [6.07, 6.45) is 1.09. The first-order valence-corrected chi connectivity index (χ1v) is 7.24. The minimum atomic E-state index is -0.195. The Morgan fingerprint density at radius 2 is 2.22 bits per heavy atom. The van der Waals surface area contributed by atoms with Crippen LogP contribution in [0, 0.1) is 11.7 Å². The Hall–Kier alpha value is -0.450. The summed E-state index contributed by atoms with van der Waals surface area (Å²) in [6.45, 7) is 6.07. The number of nitrogens with zero attached hydrogens (tertiary/aromatic N) is 1. The van der Waals surface area contributed by atoms with Crippen LogP contribution in [0.5, 0.6) is 0 Å². The Bertz CT molecular complexity index is 422. The molecule has 0 spiro atoms. The molecule has 100 valence electrons. The van der Waals surface area contributed by atoms with Crippen molar-refractivity contribution < 1.29 is 4.39 Å². The SMILES string of the molecule is CC(C)N1CCC(CN)C1c1ccc(Br)c(F)c1. The summed E-state index contributed by atoms with van der Waals surface area (Å²) in [5.74, 6) is 0.229. The molecule has 4 heteroatoms. The predicted molar refractivity (Wildman–Crippen MR) is 75.8 cm³/mol. The van der Waals surface area contributed by atoms with Gasteiger partial charge in [0.15, 0.2) is 0 Å². The van der Waals surface area contributed by atoms with Crippen LogP contribution in [0.2, 0.25) is 0 Å². The Kier molecular flexibility index (Phi) is 4.41. The van der Waals surface area contributed by atoms with Gasteiger partial charge < -0.3 is 5.73 Å². The molecule has 2 atom stereocenters. The quantitative estimate of drug-likeness (QED) is 0.927. The molecule has 2 rings (SSSR count). The van der Waals surface area contributed by atoms with E-state index in [1.54, 1.807) is 12.1 Å². The highest BCUT2D eigenvalue weighted by Crippen LogP contribution is 2.38. The molecule has 0 amide bonds. The third-order valence-electron chi connectivity index (χ3n) is 3.81. The number of halogens is 2. The number of likely N-dealkylation sites (tertiary alicyclic amines) is 1. The fourth-order valence-corrected chi connectivity index (χ4v) is 3.12. The minimum absolute atomic E-state index is 0.195. The third-order valence-corrected chi connectivity index (χ3v) is 4.46. The molecule has 18 heavy (non-hydrogen) atoms.